The summed E-state index contributed by atoms with van der Waals surface area (Å²) in [6, 6.07) is 18.7. The molecule has 184 valence electrons. The SMILES string of the molecule is CCN(CC)Cc1ccccc1CNC(=O)c1ccc(NS(=O)(=O)c2cccc([N+](=O)[O-])c2)cc1. The number of rotatable bonds is 11. The Hall–Kier alpha value is -3.76. The zero-order chi connectivity index (χ0) is 25.4. The van der Waals surface area contributed by atoms with Gasteiger partial charge in [-0.3, -0.25) is 24.5 Å². The molecular weight excluding hydrogens is 468 g/mol. The molecule has 0 heterocycles. The third-order valence-corrected chi connectivity index (χ3v) is 6.96. The van der Waals surface area contributed by atoms with Gasteiger partial charge in [-0.1, -0.05) is 44.2 Å². The van der Waals surface area contributed by atoms with Crippen molar-refractivity contribution in [3.8, 4) is 0 Å². The lowest BCUT2D eigenvalue weighted by Gasteiger charge is -2.20. The van der Waals surface area contributed by atoms with Crippen molar-refractivity contribution < 1.29 is 18.1 Å². The summed E-state index contributed by atoms with van der Waals surface area (Å²) in [5.41, 5.74) is 2.48. The number of carbonyl (C=O) groups is 1. The van der Waals surface area contributed by atoms with E-state index in [1.165, 1.54) is 42.5 Å². The fraction of sp³-hybridized carbons (Fsp3) is 0.240. The summed E-state index contributed by atoms with van der Waals surface area (Å²) in [5, 5.41) is 13.8. The minimum Gasteiger partial charge on any atom is -0.348 e. The Morgan fingerprint density at radius 2 is 1.60 bits per heavy atom. The molecule has 0 aromatic heterocycles. The normalized spacial score (nSPS) is 11.3. The van der Waals surface area contributed by atoms with Gasteiger partial charge in [0, 0.05) is 36.5 Å². The number of nitrogens with one attached hydrogen (secondary N) is 2. The number of benzene rings is 3. The number of non-ortho nitro benzene ring substituents is 1. The Morgan fingerprint density at radius 3 is 2.23 bits per heavy atom. The Morgan fingerprint density at radius 1 is 0.943 bits per heavy atom. The molecular formula is C25H28N4O5S. The molecule has 0 spiro atoms. The van der Waals surface area contributed by atoms with Gasteiger partial charge in [-0.15, -0.1) is 0 Å². The maximum absolute atomic E-state index is 12.7. The number of nitro benzene ring substituents is 1. The Labute approximate surface area is 205 Å². The highest BCUT2D eigenvalue weighted by Gasteiger charge is 2.18. The van der Waals surface area contributed by atoms with Crippen LogP contribution >= 0.6 is 0 Å². The molecule has 3 rings (SSSR count). The number of amides is 1. The van der Waals surface area contributed by atoms with Gasteiger partial charge in [-0.25, -0.2) is 8.42 Å². The standard InChI is InChI=1S/C25H28N4O5S/c1-3-28(4-2)18-21-9-6-5-8-20(21)17-26-25(30)19-12-14-22(15-13-19)27-35(33,34)24-11-7-10-23(16-24)29(31)32/h5-16,27H,3-4,17-18H2,1-2H3,(H,26,30). The van der Waals surface area contributed by atoms with E-state index in [0.717, 1.165) is 36.8 Å². The van der Waals surface area contributed by atoms with Crippen LogP contribution < -0.4 is 10.0 Å². The van der Waals surface area contributed by atoms with E-state index in [-0.39, 0.29) is 22.2 Å². The smallest absolute Gasteiger partial charge is 0.270 e. The van der Waals surface area contributed by atoms with Crippen molar-refractivity contribution in [2.45, 2.75) is 31.8 Å². The Bertz CT molecular complexity index is 1290. The molecule has 10 heteroatoms. The van der Waals surface area contributed by atoms with Gasteiger partial charge in [0.05, 0.1) is 9.82 Å². The lowest BCUT2D eigenvalue weighted by Crippen LogP contribution is -2.26. The third kappa shape index (κ3) is 6.87. The lowest BCUT2D eigenvalue weighted by atomic mass is 10.1. The highest BCUT2D eigenvalue weighted by atomic mass is 32.2. The Balaban J connectivity index is 1.65. The predicted molar refractivity (Wildman–Crippen MR) is 135 cm³/mol. The zero-order valence-corrected chi connectivity index (χ0v) is 20.4. The van der Waals surface area contributed by atoms with Gasteiger partial charge in [-0.05, 0) is 54.5 Å². The fourth-order valence-corrected chi connectivity index (χ4v) is 4.62. The van der Waals surface area contributed by atoms with Gasteiger partial charge in [0.1, 0.15) is 0 Å². The Kier molecular flexibility index (Phi) is 8.56. The van der Waals surface area contributed by atoms with Crippen LogP contribution in [0.1, 0.15) is 35.3 Å². The molecule has 2 N–H and O–H groups in total. The highest BCUT2D eigenvalue weighted by Crippen LogP contribution is 2.21. The van der Waals surface area contributed by atoms with Crippen LogP contribution in [-0.4, -0.2) is 37.2 Å². The van der Waals surface area contributed by atoms with Gasteiger partial charge in [0.15, 0.2) is 0 Å². The molecule has 35 heavy (non-hydrogen) atoms. The maximum Gasteiger partial charge on any atom is 0.270 e. The second kappa shape index (κ2) is 11.6. The topological polar surface area (TPSA) is 122 Å². The van der Waals surface area contributed by atoms with Crippen molar-refractivity contribution in [2.24, 2.45) is 0 Å². The second-order valence-corrected chi connectivity index (χ2v) is 9.53. The number of hydrogen-bond acceptors (Lipinski definition) is 6. The second-order valence-electron chi connectivity index (χ2n) is 7.85. The van der Waals surface area contributed by atoms with Gasteiger partial charge in [-0.2, -0.15) is 0 Å². The van der Waals surface area contributed by atoms with E-state index in [2.05, 4.69) is 34.9 Å². The molecule has 0 saturated heterocycles. The zero-order valence-electron chi connectivity index (χ0n) is 19.6. The van der Waals surface area contributed by atoms with Gasteiger partial charge in [0.25, 0.3) is 21.6 Å². The van der Waals surface area contributed by atoms with E-state index in [9.17, 15) is 23.3 Å². The maximum atomic E-state index is 12.7. The fourth-order valence-electron chi connectivity index (χ4n) is 3.52. The van der Waals surface area contributed by atoms with Crippen molar-refractivity contribution in [1.82, 2.24) is 10.2 Å². The summed E-state index contributed by atoms with van der Waals surface area (Å²) < 4.78 is 27.6. The van der Waals surface area contributed by atoms with E-state index in [1.807, 2.05) is 18.2 Å². The predicted octanol–water partition coefficient (Wildman–Crippen LogP) is 4.17. The quantitative estimate of drug-likeness (QED) is 0.304. The summed E-state index contributed by atoms with van der Waals surface area (Å²) in [6.07, 6.45) is 0. The molecule has 0 bridgehead atoms. The van der Waals surface area contributed by atoms with Gasteiger partial charge in [0.2, 0.25) is 0 Å². The molecule has 1 amide bonds. The van der Waals surface area contributed by atoms with Crippen LogP contribution in [0.25, 0.3) is 0 Å². The number of sulfonamides is 1. The first kappa shape index (κ1) is 25.9. The lowest BCUT2D eigenvalue weighted by molar-refractivity contribution is -0.385. The summed E-state index contributed by atoms with van der Waals surface area (Å²) in [7, 11) is -4.03. The van der Waals surface area contributed by atoms with E-state index >= 15 is 0 Å². The molecule has 0 atom stereocenters. The van der Waals surface area contributed by atoms with Crippen LogP contribution in [-0.2, 0) is 23.1 Å². The summed E-state index contributed by atoms with van der Waals surface area (Å²) in [6.45, 7) is 7.28. The molecule has 0 unspecified atom stereocenters. The number of nitro groups is 1. The first-order valence-corrected chi connectivity index (χ1v) is 12.7. The third-order valence-electron chi connectivity index (χ3n) is 5.58. The van der Waals surface area contributed by atoms with Crippen molar-refractivity contribution in [1.29, 1.82) is 0 Å². The van der Waals surface area contributed by atoms with Gasteiger partial charge < -0.3 is 5.32 Å². The first-order valence-electron chi connectivity index (χ1n) is 11.2. The summed E-state index contributed by atoms with van der Waals surface area (Å²) >= 11 is 0. The first-order chi connectivity index (χ1) is 16.7. The van der Waals surface area contributed by atoms with Crippen LogP contribution in [0.5, 0.6) is 0 Å². The number of carbonyl (C=O) groups excluding carboxylic acids is 1. The molecule has 0 aliphatic carbocycles. The highest BCUT2D eigenvalue weighted by molar-refractivity contribution is 7.92. The van der Waals surface area contributed by atoms with E-state index in [1.54, 1.807) is 0 Å². The van der Waals surface area contributed by atoms with Crippen LogP contribution in [0.15, 0.2) is 77.7 Å². The summed E-state index contributed by atoms with van der Waals surface area (Å²) in [4.78, 5) is 25.0. The molecule has 9 nitrogen and oxygen atoms in total. The number of nitrogens with zero attached hydrogens (tertiary/aromatic N) is 2. The molecule has 3 aromatic rings. The molecule has 0 aliphatic rings. The molecule has 0 aliphatic heterocycles. The van der Waals surface area contributed by atoms with Crippen molar-refractivity contribution in [2.75, 3.05) is 17.8 Å². The number of hydrogen-bond donors (Lipinski definition) is 2. The monoisotopic (exact) mass is 496 g/mol. The van der Waals surface area contributed by atoms with Crippen LogP contribution in [0.2, 0.25) is 0 Å². The van der Waals surface area contributed by atoms with Gasteiger partial charge >= 0.3 is 0 Å². The van der Waals surface area contributed by atoms with E-state index in [0.29, 0.717) is 12.1 Å². The minimum atomic E-state index is -4.03. The van der Waals surface area contributed by atoms with Crippen molar-refractivity contribution in [3.05, 3.63) is 99.6 Å². The van der Waals surface area contributed by atoms with E-state index < -0.39 is 14.9 Å². The molecule has 0 fully saturated rings. The molecule has 0 radical (unpaired) electrons. The number of anilines is 1. The van der Waals surface area contributed by atoms with Crippen LogP contribution in [0.4, 0.5) is 11.4 Å². The molecule has 3 aromatic carbocycles. The van der Waals surface area contributed by atoms with E-state index in [4.69, 9.17) is 0 Å². The summed E-state index contributed by atoms with van der Waals surface area (Å²) in [5.74, 6) is -0.282. The van der Waals surface area contributed by atoms with Crippen molar-refractivity contribution in [3.63, 3.8) is 0 Å². The van der Waals surface area contributed by atoms with Crippen LogP contribution in [0.3, 0.4) is 0 Å². The van der Waals surface area contributed by atoms with Crippen molar-refractivity contribution >= 4 is 27.3 Å². The molecule has 0 saturated carbocycles. The van der Waals surface area contributed by atoms with Crippen LogP contribution in [0, 0.1) is 10.1 Å². The largest absolute Gasteiger partial charge is 0.348 e. The average molecular weight is 497 g/mol. The minimum absolute atomic E-state index is 0.225. The average Bonchev–Trinajstić information content (AvgIpc) is 2.86.